The molecule has 0 aromatic carbocycles. The van der Waals surface area contributed by atoms with Crippen molar-refractivity contribution in [2.45, 2.75) is 11.5 Å². The predicted molar refractivity (Wildman–Crippen MR) is 64.3 cm³/mol. The third-order valence-electron chi connectivity index (χ3n) is 2.83. The predicted octanol–water partition coefficient (Wildman–Crippen LogP) is -2.89. The first-order chi connectivity index (χ1) is 9.06. The van der Waals surface area contributed by atoms with E-state index in [1.165, 1.54) is 10.6 Å². The van der Waals surface area contributed by atoms with Gasteiger partial charge >= 0.3 is 13.0 Å². The van der Waals surface area contributed by atoms with Crippen LogP contribution in [-0.4, -0.2) is 34.3 Å². The number of fused-ring (bicyclic) bond motifs is 1. The summed E-state index contributed by atoms with van der Waals surface area (Å²) in [4.78, 5) is 64.5. The van der Waals surface area contributed by atoms with Gasteiger partial charge in [0.05, 0.1) is 12.1 Å². The van der Waals surface area contributed by atoms with Crippen molar-refractivity contribution in [3.05, 3.63) is 36.3 Å². The zero-order chi connectivity index (χ0) is 15.2. The van der Waals surface area contributed by atoms with Gasteiger partial charge in [0, 0.05) is 12.4 Å². The molecule has 11 heteroatoms. The monoisotopic (exact) mass is 321 g/mol. The summed E-state index contributed by atoms with van der Waals surface area (Å²) in [6.45, 7) is 0. The Labute approximate surface area is 114 Å². The molecule has 2 aromatic rings. The molecule has 0 spiro atoms. The highest BCUT2D eigenvalue weighted by Gasteiger charge is 2.62. The van der Waals surface area contributed by atoms with Gasteiger partial charge in [-0.3, -0.25) is 4.89 Å². The maximum absolute atomic E-state index is 11.2. The maximum Gasteiger partial charge on any atom is 0.345 e. The van der Waals surface area contributed by atoms with Crippen molar-refractivity contribution >= 4 is 21.5 Å². The topological polar surface area (TPSA) is 167 Å². The van der Waals surface area contributed by atoms with E-state index in [9.17, 15) is 19.8 Å². The summed E-state index contributed by atoms with van der Waals surface area (Å²) in [7, 11) is -11.3. The average molecular weight is 321 g/mol. The van der Waals surface area contributed by atoms with Crippen molar-refractivity contribution in [2.75, 3.05) is 0 Å². The molecule has 1 unspecified atom stereocenters. The number of rotatable bonds is 4. The molecule has 9 nitrogen and oxygen atoms in total. The van der Waals surface area contributed by atoms with E-state index in [4.69, 9.17) is 14.7 Å². The maximum atomic E-state index is 11.2. The molecule has 1 atom stereocenters. The molecule has 0 aliphatic rings. The highest BCUT2D eigenvalue weighted by atomic mass is 31.3. The Hall–Kier alpha value is -0.730. The van der Waals surface area contributed by atoms with Crippen LogP contribution in [0.2, 0.25) is 0 Å². The minimum atomic E-state index is -5.73. The van der Waals surface area contributed by atoms with Crippen molar-refractivity contribution < 1.29 is 34.5 Å². The molecule has 0 bridgehead atoms. The number of pyridine rings is 1. The summed E-state index contributed by atoms with van der Waals surface area (Å²) in [5.41, 5.74) is 0.422. The fourth-order valence-corrected chi connectivity index (χ4v) is 3.77. The molecule has 110 valence electrons. The van der Waals surface area contributed by atoms with Gasteiger partial charge in [-0.05, 0) is 12.1 Å². The fourth-order valence-electron chi connectivity index (χ4n) is 1.73. The third kappa shape index (κ3) is 2.56. The normalized spacial score (nSPS) is 16.4. The summed E-state index contributed by atoms with van der Waals surface area (Å²) in [6.07, 6.45) is 1.64. The minimum absolute atomic E-state index is 0.0246. The van der Waals surface area contributed by atoms with Crippen molar-refractivity contribution in [2.24, 2.45) is 0 Å². The van der Waals surface area contributed by atoms with Crippen LogP contribution in [-0.2, 0) is 6.42 Å². The zero-order valence-electron chi connectivity index (χ0n) is 9.90. The quantitative estimate of drug-likeness (QED) is 0.435. The number of aromatic nitrogens is 2. The largest absolute Gasteiger partial charge is 0.654 e. The summed E-state index contributed by atoms with van der Waals surface area (Å²) in [5, 5.41) is 6.19. The second kappa shape index (κ2) is 4.92. The van der Waals surface area contributed by atoms with E-state index < -0.39 is 27.4 Å². The summed E-state index contributed by atoms with van der Waals surface area (Å²) in [5.74, 6) is 0. The highest BCUT2D eigenvalue weighted by Crippen LogP contribution is 2.70. The molecule has 4 N–H and O–H groups in total. The first-order valence-electron chi connectivity index (χ1n) is 5.29. The van der Waals surface area contributed by atoms with Crippen molar-refractivity contribution in [3.8, 4) is 0 Å². The Morgan fingerprint density at radius 2 is 1.85 bits per heavy atom. The molecule has 20 heavy (non-hydrogen) atoms. The lowest BCUT2D eigenvalue weighted by atomic mass is 10.3. The second-order valence-electron chi connectivity index (χ2n) is 4.19. The SMILES string of the molecule is [O-][P+]([O-])(O)C(O)(Cc1cnc2ccccn12)[P+]([O-])(O)O. The molecule has 0 amide bonds. The van der Waals surface area contributed by atoms with Crippen LogP contribution in [0.4, 0.5) is 0 Å². The Morgan fingerprint density at radius 3 is 2.40 bits per heavy atom. The molecule has 0 radical (unpaired) electrons. The Bertz CT molecular complexity index is 605. The molecule has 2 rings (SSSR count). The van der Waals surface area contributed by atoms with Crippen LogP contribution >= 0.6 is 15.9 Å². The minimum Gasteiger partial charge on any atom is -0.654 e. The van der Waals surface area contributed by atoms with Gasteiger partial charge in [0.2, 0.25) is 0 Å². The first-order valence-corrected chi connectivity index (χ1v) is 8.48. The third-order valence-corrected chi connectivity index (χ3v) is 6.53. The molecule has 0 saturated carbocycles. The van der Waals surface area contributed by atoms with Gasteiger partial charge in [-0.2, -0.15) is 0 Å². The summed E-state index contributed by atoms with van der Waals surface area (Å²) < 4.78 is 1.34. The van der Waals surface area contributed by atoms with Crippen molar-refractivity contribution in [1.29, 1.82) is 0 Å². The van der Waals surface area contributed by atoms with Crippen LogP contribution in [0.25, 0.3) is 5.65 Å². The van der Waals surface area contributed by atoms with E-state index in [-0.39, 0.29) is 5.69 Å². The van der Waals surface area contributed by atoms with Crippen molar-refractivity contribution in [1.82, 2.24) is 9.38 Å². The molecule has 0 aliphatic heterocycles. The van der Waals surface area contributed by atoms with E-state index in [1.54, 1.807) is 18.2 Å². The zero-order valence-corrected chi connectivity index (χ0v) is 11.7. The lowest BCUT2D eigenvalue weighted by Crippen LogP contribution is -2.49. The second-order valence-corrected chi connectivity index (χ2v) is 8.16. The van der Waals surface area contributed by atoms with Crippen LogP contribution in [0.3, 0.4) is 0 Å². The highest BCUT2D eigenvalue weighted by molar-refractivity contribution is 7.76. The van der Waals surface area contributed by atoms with E-state index in [2.05, 4.69) is 4.98 Å². The molecular weight excluding hydrogens is 310 g/mol. The van der Waals surface area contributed by atoms with Crippen molar-refractivity contribution in [3.63, 3.8) is 0 Å². The Balaban J connectivity index is 2.49. The van der Waals surface area contributed by atoms with E-state index >= 15 is 0 Å². The van der Waals surface area contributed by atoms with Crippen LogP contribution in [0.5, 0.6) is 0 Å². The van der Waals surface area contributed by atoms with Gasteiger partial charge in [0.25, 0.3) is 0 Å². The van der Waals surface area contributed by atoms with Gasteiger partial charge in [0.1, 0.15) is 13.6 Å². The molecule has 0 aliphatic carbocycles. The molecule has 2 heterocycles. The van der Waals surface area contributed by atoms with E-state index in [0.29, 0.717) is 5.65 Å². The summed E-state index contributed by atoms with van der Waals surface area (Å²) >= 11 is 0. The number of aliphatic hydroxyl groups is 1. The van der Waals surface area contributed by atoms with Gasteiger partial charge in [-0.1, -0.05) is 6.07 Å². The molecule has 0 saturated heterocycles. The van der Waals surface area contributed by atoms with Crippen LogP contribution in [0.1, 0.15) is 5.69 Å². The number of nitrogens with zero attached hydrogens (tertiary/aromatic N) is 2. The van der Waals surface area contributed by atoms with Crippen LogP contribution in [0.15, 0.2) is 30.6 Å². The fraction of sp³-hybridized carbons (Fsp3) is 0.222. The number of hydrogen-bond donors (Lipinski definition) is 4. The van der Waals surface area contributed by atoms with E-state index in [1.807, 2.05) is 0 Å². The first kappa shape index (κ1) is 15.7. The van der Waals surface area contributed by atoms with Gasteiger partial charge in [-0.25, -0.2) is 14.8 Å². The number of hydrogen-bond acceptors (Lipinski definition) is 8. The number of imidazole rings is 1. The van der Waals surface area contributed by atoms with Gasteiger partial charge in [-0.15, -0.1) is 0 Å². The smallest absolute Gasteiger partial charge is 0.345 e. The Morgan fingerprint density at radius 1 is 1.20 bits per heavy atom. The van der Waals surface area contributed by atoms with E-state index in [0.717, 1.165) is 6.20 Å². The van der Waals surface area contributed by atoms with Crippen LogP contribution in [0, 0.1) is 0 Å². The van der Waals surface area contributed by atoms with Gasteiger partial charge < -0.3 is 24.2 Å². The average Bonchev–Trinajstić information content (AvgIpc) is 2.70. The summed E-state index contributed by atoms with van der Waals surface area (Å²) in [6, 6.07) is 4.83. The lowest BCUT2D eigenvalue weighted by molar-refractivity contribution is -0.347. The molecule has 2 aromatic heterocycles. The van der Waals surface area contributed by atoms with Crippen LogP contribution < -0.4 is 14.7 Å². The molecule has 0 fully saturated rings. The van der Waals surface area contributed by atoms with Gasteiger partial charge in [0.15, 0.2) is 0 Å². The molecular formula is C9H11N2O7P2-. The lowest BCUT2D eigenvalue weighted by Gasteiger charge is -2.43. The Kier molecular flexibility index (Phi) is 3.85. The standard InChI is InChI=1S/C9H12N2O7P2/c12-9(19(13,14)15,20(16,17)18)5-7-6-10-8-3-1-2-4-11(7)8/h1-4,6,12H,5H2,(H2,13,14,15)(H2,16,17,18)/p-1.